The van der Waals surface area contributed by atoms with Gasteiger partial charge >= 0.3 is 12.1 Å². The molecule has 1 aromatic carbocycles. The molecule has 0 unspecified atom stereocenters. The first-order chi connectivity index (χ1) is 12.1. The van der Waals surface area contributed by atoms with Crippen LogP contribution in [0.1, 0.15) is 63.4 Å². The fourth-order valence-corrected chi connectivity index (χ4v) is 2.19. The lowest BCUT2D eigenvalue weighted by Gasteiger charge is -2.19. The Balaban J connectivity index is 2.33. The van der Waals surface area contributed by atoms with Crippen molar-refractivity contribution in [3.8, 4) is 0 Å². The number of carbonyl (C=O) groups is 3. The molecule has 1 rings (SSSR count). The van der Waals surface area contributed by atoms with Crippen LogP contribution >= 0.6 is 0 Å². The third-order valence-corrected chi connectivity index (χ3v) is 3.55. The molecule has 0 radical (unpaired) electrons. The van der Waals surface area contributed by atoms with Gasteiger partial charge in [0.25, 0.3) is 0 Å². The van der Waals surface area contributed by atoms with Crippen molar-refractivity contribution in [2.45, 2.75) is 65.6 Å². The lowest BCUT2D eigenvalue weighted by atomic mass is 10.0. The number of hydrogen-bond acceptors (Lipinski definition) is 5. The van der Waals surface area contributed by atoms with E-state index in [0.717, 1.165) is 12.0 Å². The van der Waals surface area contributed by atoms with Gasteiger partial charge in [0.05, 0.1) is 0 Å². The van der Waals surface area contributed by atoms with Crippen molar-refractivity contribution < 1.29 is 23.9 Å². The first-order valence-electron chi connectivity index (χ1n) is 8.92. The molecule has 0 aliphatic carbocycles. The topological polar surface area (TPSA) is 81.7 Å². The number of ether oxygens (including phenoxy) is 2. The van der Waals surface area contributed by atoms with E-state index in [4.69, 9.17) is 9.47 Å². The minimum Gasteiger partial charge on any atom is -0.454 e. The van der Waals surface area contributed by atoms with Crippen LogP contribution in [0.15, 0.2) is 24.3 Å². The van der Waals surface area contributed by atoms with Gasteiger partial charge in [0, 0.05) is 18.5 Å². The summed E-state index contributed by atoms with van der Waals surface area (Å²) in [7, 11) is 0. The largest absolute Gasteiger partial charge is 0.454 e. The van der Waals surface area contributed by atoms with Gasteiger partial charge in [-0.15, -0.1) is 0 Å². The van der Waals surface area contributed by atoms with Gasteiger partial charge in [0.15, 0.2) is 6.10 Å². The van der Waals surface area contributed by atoms with Crippen molar-refractivity contribution in [1.29, 1.82) is 0 Å². The fourth-order valence-electron chi connectivity index (χ4n) is 2.19. The number of alkyl carbamates (subject to hydrolysis) is 1. The Morgan fingerprint density at radius 1 is 1.12 bits per heavy atom. The van der Waals surface area contributed by atoms with Crippen LogP contribution in [-0.4, -0.2) is 36.1 Å². The van der Waals surface area contributed by atoms with E-state index in [1.807, 2.05) is 19.1 Å². The number of benzene rings is 1. The van der Waals surface area contributed by atoms with Gasteiger partial charge in [-0.2, -0.15) is 0 Å². The number of hydrogen-bond donors (Lipinski definition) is 1. The van der Waals surface area contributed by atoms with Crippen molar-refractivity contribution in [2.24, 2.45) is 0 Å². The molecule has 1 amide bonds. The zero-order chi connectivity index (χ0) is 19.7. The maximum Gasteiger partial charge on any atom is 0.407 e. The van der Waals surface area contributed by atoms with E-state index in [1.165, 1.54) is 0 Å². The molecule has 1 aromatic rings. The van der Waals surface area contributed by atoms with Crippen LogP contribution in [0, 0.1) is 0 Å². The second kappa shape index (κ2) is 9.94. The van der Waals surface area contributed by atoms with Gasteiger partial charge in [-0.25, -0.2) is 4.79 Å². The highest BCUT2D eigenvalue weighted by atomic mass is 16.6. The van der Waals surface area contributed by atoms with Crippen molar-refractivity contribution in [2.75, 3.05) is 6.54 Å². The average molecular weight is 363 g/mol. The molecule has 6 heteroatoms. The minimum absolute atomic E-state index is 0.113. The number of esters is 1. The zero-order valence-corrected chi connectivity index (χ0v) is 16.3. The Hall–Kier alpha value is -2.37. The first-order valence-corrected chi connectivity index (χ1v) is 8.92. The number of Topliss-reactive ketones (excluding diaryl/α,β-unsaturated/α-hetero) is 1. The number of nitrogens with one attached hydrogen (secondary N) is 1. The summed E-state index contributed by atoms with van der Waals surface area (Å²) in [4.78, 5) is 35.6. The number of carbonyl (C=O) groups excluding carboxylic acids is 3. The predicted octanol–water partition coefficient (Wildman–Crippen LogP) is 3.67. The molecule has 0 aliphatic heterocycles. The highest BCUT2D eigenvalue weighted by Gasteiger charge is 2.19. The van der Waals surface area contributed by atoms with Crippen LogP contribution in [0.5, 0.6) is 0 Å². The maximum atomic E-state index is 12.3. The molecular weight excluding hydrogens is 334 g/mol. The van der Waals surface area contributed by atoms with Crippen molar-refractivity contribution in [1.82, 2.24) is 5.32 Å². The lowest BCUT2D eigenvalue weighted by molar-refractivity contribution is -0.146. The molecule has 26 heavy (non-hydrogen) atoms. The molecule has 1 N–H and O–H groups in total. The van der Waals surface area contributed by atoms with E-state index >= 15 is 0 Å². The van der Waals surface area contributed by atoms with Gasteiger partial charge in [-0.05, 0) is 46.1 Å². The maximum absolute atomic E-state index is 12.3. The van der Waals surface area contributed by atoms with Gasteiger partial charge < -0.3 is 14.8 Å². The third kappa shape index (κ3) is 8.14. The van der Waals surface area contributed by atoms with E-state index in [9.17, 15) is 14.4 Å². The Morgan fingerprint density at radius 2 is 1.73 bits per heavy atom. The summed E-state index contributed by atoms with van der Waals surface area (Å²) in [5.74, 6) is -0.699. The number of amides is 1. The molecule has 0 aliphatic rings. The summed E-state index contributed by atoms with van der Waals surface area (Å²) in [6.07, 6.45) is 0.0571. The average Bonchev–Trinajstić information content (AvgIpc) is 2.56. The molecule has 1 atom stereocenters. The summed E-state index contributed by atoms with van der Waals surface area (Å²) in [5, 5.41) is 2.57. The number of ketones is 1. The molecule has 0 saturated heterocycles. The molecule has 0 bridgehead atoms. The van der Waals surface area contributed by atoms with Crippen LogP contribution in [0.3, 0.4) is 0 Å². The summed E-state index contributed by atoms with van der Waals surface area (Å²) in [5.41, 5.74) is 1.10. The molecule has 0 heterocycles. The van der Waals surface area contributed by atoms with Crippen LogP contribution in [0.25, 0.3) is 0 Å². The van der Waals surface area contributed by atoms with Crippen molar-refractivity contribution in [3.05, 3.63) is 35.4 Å². The van der Waals surface area contributed by atoms with Crippen molar-refractivity contribution >= 4 is 17.8 Å². The standard InChI is InChI=1S/C20H29NO5/c1-6-15-9-11-16(12-10-15)18(23)14(2)25-17(22)8-7-13-21-19(24)26-20(3,4)5/h9-12,14H,6-8,13H2,1-5H3,(H,21,24)/t14-/m0/s1. The van der Waals surface area contributed by atoms with E-state index in [1.54, 1.807) is 39.8 Å². The van der Waals surface area contributed by atoms with Crippen molar-refractivity contribution in [3.63, 3.8) is 0 Å². The number of aryl methyl sites for hydroxylation is 1. The second-order valence-electron chi connectivity index (χ2n) is 7.08. The normalized spacial score (nSPS) is 12.2. The Kier molecular flexibility index (Phi) is 8.29. The SMILES string of the molecule is CCc1ccc(C(=O)[C@H](C)OC(=O)CCCNC(=O)OC(C)(C)C)cc1. The number of rotatable bonds is 8. The summed E-state index contributed by atoms with van der Waals surface area (Å²) >= 11 is 0. The van der Waals surface area contributed by atoms with Crippen LogP contribution < -0.4 is 5.32 Å². The molecular formula is C20H29NO5. The van der Waals surface area contributed by atoms with Gasteiger partial charge in [-0.1, -0.05) is 31.2 Å². The highest BCUT2D eigenvalue weighted by molar-refractivity contribution is 6.00. The van der Waals surface area contributed by atoms with E-state index in [-0.39, 0.29) is 12.2 Å². The molecule has 6 nitrogen and oxygen atoms in total. The Labute approximate surface area is 155 Å². The summed E-state index contributed by atoms with van der Waals surface area (Å²) < 4.78 is 10.3. The summed E-state index contributed by atoms with van der Waals surface area (Å²) in [6, 6.07) is 7.28. The molecule has 0 aromatic heterocycles. The Bertz CT molecular complexity index is 616. The van der Waals surface area contributed by atoms with Crippen LogP contribution in [0.4, 0.5) is 4.79 Å². The third-order valence-electron chi connectivity index (χ3n) is 3.55. The van der Waals surface area contributed by atoms with E-state index in [2.05, 4.69) is 5.32 Å². The van der Waals surface area contributed by atoms with Gasteiger partial charge in [-0.3, -0.25) is 9.59 Å². The molecule has 0 fully saturated rings. The summed E-state index contributed by atoms with van der Waals surface area (Å²) in [6.45, 7) is 9.23. The monoisotopic (exact) mass is 363 g/mol. The van der Waals surface area contributed by atoms with E-state index in [0.29, 0.717) is 18.5 Å². The van der Waals surface area contributed by atoms with Crippen LogP contribution in [0.2, 0.25) is 0 Å². The predicted molar refractivity (Wildman–Crippen MR) is 99.2 cm³/mol. The van der Waals surface area contributed by atoms with Crippen LogP contribution in [-0.2, 0) is 20.7 Å². The van der Waals surface area contributed by atoms with E-state index < -0.39 is 23.8 Å². The molecule has 144 valence electrons. The Morgan fingerprint density at radius 3 is 2.27 bits per heavy atom. The zero-order valence-electron chi connectivity index (χ0n) is 16.3. The fraction of sp³-hybridized carbons (Fsp3) is 0.550. The minimum atomic E-state index is -0.839. The van der Waals surface area contributed by atoms with Gasteiger partial charge in [0.2, 0.25) is 5.78 Å². The second-order valence-corrected chi connectivity index (χ2v) is 7.08. The smallest absolute Gasteiger partial charge is 0.407 e. The highest BCUT2D eigenvalue weighted by Crippen LogP contribution is 2.10. The molecule has 0 saturated carbocycles. The lowest BCUT2D eigenvalue weighted by Crippen LogP contribution is -2.33. The van der Waals surface area contributed by atoms with Gasteiger partial charge in [0.1, 0.15) is 5.60 Å². The first kappa shape index (κ1) is 21.7. The molecule has 0 spiro atoms. The quantitative estimate of drug-likeness (QED) is 0.433.